The van der Waals surface area contributed by atoms with Crippen LogP contribution in [0, 0.1) is 6.92 Å². The quantitative estimate of drug-likeness (QED) is 0.692. The lowest BCUT2D eigenvalue weighted by Gasteiger charge is -2.11. The molecule has 7 nitrogen and oxygen atoms in total. The molecular weight excluding hydrogens is 306 g/mol. The first-order valence-electron chi connectivity index (χ1n) is 6.95. The first kappa shape index (κ1) is 18.0. The lowest BCUT2D eigenvalue weighted by Crippen LogP contribution is -2.39. The maximum absolute atomic E-state index is 12.2. The zero-order valence-electron chi connectivity index (χ0n) is 12.9. The van der Waals surface area contributed by atoms with Gasteiger partial charge in [0.25, 0.3) is 10.0 Å². The van der Waals surface area contributed by atoms with E-state index in [1.54, 1.807) is 6.92 Å². The first-order chi connectivity index (χ1) is 10.3. The molecule has 0 atom stereocenters. The third kappa shape index (κ3) is 5.36. The SMILES string of the molecule is CCCCNC(=O)NS(=O)(=O)c1ccc(NC(C)=O)cc1C. The summed E-state index contributed by atoms with van der Waals surface area (Å²) in [6.45, 7) is 5.34. The fourth-order valence-corrected chi connectivity index (χ4v) is 2.98. The summed E-state index contributed by atoms with van der Waals surface area (Å²) < 4.78 is 26.3. The highest BCUT2D eigenvalue weighted by atomic mass is 32.2. The molecule has 22 heavy (non-hydrogen) atoms. The molecule has 0 spiro atoms. The number of aryl methyl sites for hydroxylation is 1. The van der Waals surface area contributed by atoms with Crippen molar-refractivity contribution in [2.24, 2.45) is 0 Å². The van der Waals surface area contributed by atoms with Crippen LogP contribution in [0.5, 0.6) is 0 Å². The number of carbonyl (C=O) groups is 2. The third-order valence-electron chi connectivity index (χ3n) is 2.83. The Morgan fingerprint density at radius 2 is 1.91 bits per heavy atom. The molecule has 0 aliphatic heterocycles. The Hall–Kier alpha value is -2.09. The van der Waals surface area contributed by atoms with Gasteiger partial charge in [-0.3, -0.25) is 4.79 Å². The molecule has 3 amide bonds. The molecule has 8 heteroatoms. The summed E-state index contributed by atoms with van der Waals surface area (Å²) in [5.41, 5.74) is 0.927. The molecule has 0 saturated carbocycles. The summed E-state index contributed by atoms with van der Waals surface area (Å²) >= 11 is 0. The molecule has 0 saturated heterocycles. The van der Waals surface area contributed by atoms with Crippen molar-refractivity contribution in [3.8, 4) is 0 Å². The molecule has 1 aromatic carbocycles. The van der Waals surface area contributed by atoms with Crippen molar-refractivity contribution in [2.75, 3.05) is 11.9 Å². The number of rotatable bonds is 6. The summed E-state index contributed by atoms with van der Waals surface area (Å²) in [6.07, 6.45) is 1.68. The van der Waals surface area contributed by atoms with Gasteiger partial charge in [0.2, 0.25) is 5.91 Å². The number of unbranched alkanes of at least 4 members (excludes halogenated alkanes) is 1. The lowest BCUT2D eigenvalue weighted by atomic mass is 10.2. The summed E-state index contributed by atoms with van der Waals surface area (Å²) in [5, 5.41) is 5.05. The summed E-state index contributed by atoms with van der Waals surface area (Å²) in [7, 11) is -3.95. The highest BCUT2D eigenvalue weighted by molar-refractivity contribution is 7.90. The van der Waals surface area contributed by atoms with Crippen molar-refractivity contribution >= 4 is 27.6 Å². The molecule has 0 heterocycles. The molecule has 0 bridgehead atoms. The van der Waals surface area contributed by atoms with Crippen LogP contribution in [-0.4, -0.2) is 26.9 Å². The van der Waals surface area contributed by atoms with Gasteiger partial charge in [-0.25, -0.2) is 17.9 Å². The molecule has 1 rings (SSSR count). The Morgan fingerprint density at radius 3 is 2.45 bits per heavy atom. The molecule has 0 unspecified atom stereocenters. The maximum Gasteiger partial charge on any atom is 0.328 e. The van der Waals surface area contributed by atoms with Crippen LogP contribution in [0.3, 0.4) is 0 Å². The molecular formula is C14H21N3O4S. The van der Waals surface area contributed by atoms with Crippen molar-refractivity contribution in [1.82, 2.24) is 10.0 Å². The van der Waals surface area contributed by atoms with Crippen molar-refractivity contribution in [3.05, 3.63) is 23.8 Å². The molecule has 0 aromatic heterocycles. The third-order valence-corrected chi connectivity index (χ3v) is 4.32. The number of benzene rings is 1. The Bertz CT molecular complexity index is 656. The average Bonchev–Trinajstić information content (AvgIpc) is 2.37. The normalized spacial score (nSPS) is 10.9. The number of hydrogen-bond donors (Lipinski definition) is 3. The Balaban J connectivity index is 2.84. The van der Waals surface area contributed by atoms with Crippen LogP contribution in [-0.2, 0) is 14.8 Å². The Morgan fingerprint density at radius 1 is 1.23 bits per heavy atom. The summed E-state index contributed by atoms with van der Waals surface area (Å²) in [5.74, 6) is -0.247. The fourth-order valence-electron chi connectivity index (χ4n) is 1.82. The second-order valence-electron chi connectivity index (χ2n) is 4.88. The van der Waals surface area contributed by atoms with Gasteiger partial charge in [-0.05, 0) is 37.1 Å². The number of hydrogen-bond acceptors (Lipinski definition) is 4. The summed E-state index contributed by atoms with van der Waals surface area (Å²) in [4.78, 5) is 22.5. The predicted octanol–water partition coefficient (Wildman–Crippen LogP) is 1.74. The highest BCUT2D eigenvalue weighted by Gasteiger charge is 2.19. The van der Waals surface area contributed by atoms with Gasteiger partial charge in [0, 0.05) is 19.2 Å². The van der Waals surface area contributed by atoms with Crippen LogP contribution < -0.4 is 15.4 Å². The van der Waals surface area contributed by atoms with E-state index in [9.17, 15) is 18.0 Å². The van der Waals surface area contributed by atoms with Crippen molar-refractivity contribution < 1.29 is 18.0 Å². The molecule has 1 aromatic rings. The number of urea groups is 1. The van der Waals surface area contributed by atoms with Crippen molar-refractivity contribution in [1.29, 1.82) is 0 Å². The van der Waals surface area contributed by atoms with Crippen LogP contribution in [0.4, 0.5) is 10.5 Å². The first-order valence-corrected chi connectivity index (χ1v) is 8.43. The van der Waals surface area contributed by atoms with Gasteiger partial charge in [0.05, 0.1) is 4.90 Å². The monoisotopic (exact) mass is 327 g/mol. The smallest absolute Gasteiger partial charge is 0.328 e. The maximum atomic E-state index is 12.2. The van der Waals surface area contributed by atoms with Gasteiger partial charge in [-0.15, -0.1) is 0 Å². The fraction of sp³-hybridized carbons (Fsp3) is 0.429. The van der Waals surface area contributed by atoms with E-state index in [0.717, 1.165) is 12.8 Å². The number of sulfonamides is 1. The van der Waals surface area contributed by atoms with E-state index in [-0.39, 0.29) is 10.8 Å². The average molecular weight is 327 g/mol. The van der Waals surface area contributed by atoms with E-state index >= 15 is 0 Å². The number of amides is 3. The van der Waals surface area contributed by atoms with E-state index in [1.165, 1.54) is 25.1 Å². The van der Waals surface area contributed by atoms with Gasteiger partial charge in [0.15, 0.2) is 0 Å². The molecule has 0 aliphatic carbocycles. The second kappa shape index (κ2) is 7.79. The van der Waals surface area contributed by atoms with Crippen LogP contribution >= 0.6 is 0 Å². The minimum absolute atomic E-state index is 0.00718. The van der Waals surface area contributed by atoms with Crippen LogP contribution in [0.15, 0.2) is 23.1 Å². The predicted molar refractivity (Wildman–Crippen MR) is 84.1 cm³/mol. The van der Waals surface area contributed by atoms with Crippen molar-refractivity contribution in [2.45, 2.75) is 38.5 Å². The lowest BCUT2D eigenvalue weighted by molar-refractivity contribution is -0.114. The number of nitrogens with one attached hydrogen (secondary N) is 3. The zero-order chi connectivity index (χ0) is 16.8. The van der Waals surface area contributed by atoms with E-state index in [4.69, 9.17) is 0 Å². The van der Waals surface area contributed by atoms with Gasteiger partial charge in [0.1, 0.15) is 0 Å². The van der Waals surface area contributed by atoms with Crippen LogP contribution in [0.2, 0.25) is 0 Å². The standard InChI is InChI=1S/C14H21N3O4S/c1-4-5-8-15-14(19)17-22(20,21)13-7-6-12(9-10(13)2)16-11(3)18/h6-7,9H,4-5,8H2,1-3H3,(H,16,18)(H2,15,17,19). The molecule has 0 aliphatic rings. The molecule has 0 radical (unpaired) electrons. The van der Waals surface area contributed by atoms with E-state index in [1.807, 2.05) is 11.6 Å². The van der Waals surface area contributed by atoms with Gasteiger partial charge in [-0.2, -0.15) is 0 Å². The van der Waals surface area contributed by atoms with E-state index in [0.29, 0.717) is 17.8 Å². The molecule has 3 N–H and O–H groups in total. The second-order valence-corrected chi connectivity index (χ2v) is 6.53. The van der Waals surface area contributed by atoms with Gasteiger partial charge >= 0.3 is 6.03 Å². The zero-order valence-corrected chi connectivity index (χ0v) is 13.7. The van der Waals surface area contributed by atoms with E-state index < -0.39 is 16.1 Å². The topological polar surface area (TPSA) is 104 Å². The minimum Gasteiger partial charge on any atom is -0.337 e. The largest absolute Gasteiger partial charge is 0.337 e. The van der Waals surface area contributed by atoms with Crippen LogP contribution in [0.1, 0.15) is 32.3 Å². The van der Waals surface area contributed by atoms with Crippen LogP contribution in [0.25, 0.3) is 0 Å². The molecule has 0 fully saturated rings. The minimum atomic E-state index is -3.95. The van der Waals surface area contributed by atoms with Gasteiger partial charge in [-0.1, -0.05) is 13.3 Å². The molecule has 122 valence electrons. The number of carbonyl (C=O) groups excluding carboxylic acids is 2. The number of anilines is 1. The Labute approximate surface area is 130 Å². The van der Waals surface area contributed by atoms with Gasteiger partial charge < -0.3 is 10.6 Å². The summed E-state index contributed by atoms with van der Waals surface area (Å²) in [6, 6.07) is 3.60. The van der Waals surface area contributed by atoms with E-state index in [2.05, 4.69) is 10.6 Å². The highest BCUT2D eigenvalue weighted by Crippen LogP contribution is 2.19. The van der Waals surface area contributed by atoms with Crippen molar-refractivity contribution in [3.63, 3.8) is 0 Å². The Kier molecular flexibility index (Phi) is 6.36.